The second-order valence-corrected chi connectivity index (χ2v) is 8.54. The van der Waals surface area contributed by atoms with Gasteiger partial charge in [-0.25, -0.2) is 13.8 Å². The highest BCUT2D eigenvalue weighted by molar-refractivity contribution is 5.64. The summed E-state index contributed by atoms with van der Waals surface area (Å²) in [6.45, 7) is 10.2. The Balaban J connectivity index is 1.89. The van der Waals surface area contributed by atoms with E-state index >= 15 is 0 Å². The van der Waals surface area contributed by atoms with E-state index in [0.717, 1.165) is 0 Å². The van der Waals surface area contributed by atoms with E-state index in [1.807, 2.05) is 27.7 Å². The minimum absolute atomic E-state index is 0.0144. The van der Waals surface area contributed by atoms with Crippen molar-refractivity contribution < 1.29 is 18.3 Å². The van der Waals surface area contributed by atoms with Crippen LogP contribution in [0.2, 0.25) is 0 Å². The predicted molar refractivity (Wildman–Crippen MR) is 117 cm³/mol. The van der Waals surface area contributed by atoms with Crippen LogP contribution >= 0.6 is 0 Å². The lowest BCUT2D eigenvalue weighted by Gasteiger charge is -2.41. The molecule has 2 N–H and O–H groups in total. The van der Waals surface area contributed by atoms with Crippen LogP contribution in [-0.2, 0) is 9.47 Å². The minimum Gasteiger partial charge on any atom is -0.384 e. The van der Waals surface area contributed by atoms with Gasteiger partial charge in [-0.2, -0.15) is 15.0 Å². The summed E-state index contributed by atoms with van der Waals surface area (Å²) < 4.78 is 39.0. The van der Waals surface area contributed by atoms with Crippen molar-refractivity contribution in [2.75, 3.05) is 42.0 Å². The zero-order chi connectivity index (χ0) is 23.0. The number of alkyl halides is 2. The van der Waals surface area contributed by atoms with Crippen molar-refractivity contribution >= 4 is 17.7 Å². The first-order chi connectivity index (χ1) is 15.3. The van der Waals surface area contributed by atoms with E-state index in [1.165, 1.54) is 12.3 Å². The van der Waals surface area contributed by atoms with Gasteiger partial charge < -0.3 is 25.0 Å². The van der Waals surface area contributed by atoms with Gasteiger partial charge in [-0.1, -0.05) is 0 Å². The maximum atomic E-state index is 13.8. The molecule has 0 radical (unpaired) electrons. The molecule has 4 atom stereocenters. The molecule has 2 aromatic rings. The van der Waals surface area contributed by atoms with Gasteiger partial charge in [0.05, 0.1) is 50.6 Å². The van der Waals surface area contributed by atoms with Crippen LogP contribution in [0.25, 0.3) is 11.4 Å². The molecular weight excluding hydrogens is 420 g/mol. The average molecular weight is 450 g/mol. The van der Waals surface area contributed by atoms with Crippen LogP contribution in [0, 0.1) is 0 Å². The molecule has 0 saturated carbocycles. The lowest BCUT2D eigenvalue weighted by Crippen LogP contribution is -2.52. The van der Waals surface area contributed by atoms with Gasteiger partial charge >= 0.3 is 0 Å². The van der Waals surface area contributed by atoms with Gasteiger partial charge in [0, 0.05) is 17.3 Å². The highest BCUT2D eigenvalue weighted by Gasteiger charge is 2.33. The molecule has 0 amide bonds. The largest absolute Gasteiger partial charge is 0.384 e. The molecule has 32 heavy (non-hydrogen) atoms. The van der Waals surface area contributed by atoms with Crippen LogP contribution in [0.4, 0.5) is 26.5 Å². The van der Waals surface area contributed by atoms with Crippen LogP contribution in [-0.4, -0.2) is 70.5 Å². The lowest BCUT2D eigenvalue weighted by atomic mass is 10.1. The first-order valence-electron chi connectivity index (χ1n) is 10.8. The summed E-state index contributed by atoms with van der Waals surface area (Å²) in [4.78, 5) is 22.2. The van der Waals surface area contributed by atoms with Crippen LogP contribution in [0.3, 0.4) is 0 Å². The second kappa shape index (κ2) is 9.07. The first-order valence-corrected chi connectivity index (χ1v) is 10.8. The van der Waals surface area contributed by atoms with Crippen molar-refractivity contribution in [2.45, 2.75) is 58.3 Å². The normalized spacial score (nSPS) is 26.6. The monoisotopic (exact) mass is 449 g/mol. The molecule has 2 saturated heterocycles. The van der Waals surface area contributed by atoms with Crippen LogP contribution in [0.15, 0.2) is 12.3 Å². The Morgan fingerprint density at radius 3 is 1.78 bits per heavy atom. The van der Waals surface area contributed by atoms with E-state index in [2.05, 4.69) is 24.8 Å². The number of rotatable bonds is 4. The van der Waals surface area contributed by atoms with Gasteiger partial charge in [-0.15, -0.1) is 0 Å². The highest BCUT2D eigenvalue weighted by atomic mass is 19.3. The van der Waals surface area contributed by atoms with Gasteiger partial charge in [-0.3, -0.25) is 0 Å². The fourth-order valence-electron chi connectivity index (χ4n) is 4.36. The number of hydrogen-bond donors (Lipinski definition) is 1. The second-order valence-electron chi connectivity index (χ2n) is 8.54. The number of nitrogens with two attached hydrogens (primary N) is 1. The van der Waals surface area contributed by atoms with Crippen LogP contribution < -0.4 is 15.5 Å². The average Bonchev–Trinajstić information content (AvgIpc) is 2.73. The lowest BCUT2D eigenvalue weighted by molar-refractivity contribution is 0.0733. The highest BCUT2D eigenvalue weighted by Crippen LogP contribution is 2.33. The number of anilines is 3. The first kappa shape index (κ1) is 22.5. The zero-order valence-electron chi connectivity index (χ0n) is 18.7. The summed E-state index contributed by atoms with van der Waals surface area (Å²) in [5.41, 5.74) is 5.55. The maximum Gasteiger partial charge on any atom is 0.264 e. The summed E-state index contributed by atoms with van der Waals surface area (Å²) >= 11 is 0. The van der Waals surface area contributed by atoms with Gasteiger partial charge in [0.25, 0.3) is 6.43 Å². The number of morpholine rings is 2. The van der Waals surface area contributed by atoms with Crippen molar-refractivity contribution in [3.05, 3.63) is 17.8 Å². The van der Waals surface area contributed by atoms with Crippen molar-refractivity contribution in [1.29, 1.82) is 0 Å². The minimum atomic E-state index is -2.75. The van der Waals surface area contributed by atoms with Crippen molar-refractivity contribution in [3.8, 4) is 11.4 Å². The molecule has 2 aliphatic rings. The molecule has 0 spiro atoms. The number of pyridine rings is 1. The molecule has 0 bridgehead atoms. The van der Waals surface area contributed by atoms with Crippen molar-refractivity contribution in [3.63, 3.8) is 0 Å². The van der Waals surface area contributed by atoms with E-state index in [4.69, 9.17) is 20.2 Å². The fraction of sp³-hybridized carbons (Fsp3) is 0.619. The third kappa shape index (κ3) is 4.31. The Kier molecular flexibility index (Phi) is 6.38. The van der Waals surface area contributed by atoms with Crippen molar-refractivity contribution in [1.82, 2.24) is 19.9 Å². The summed E-state index contributed by atoms with van der Waals surface area (Å²) in [5.74, 6) is 1.02. The molecule has 4 unspecified atom stereocenters. The fourth-order valence-corrected chi connectivity index (χ4v) is 4.36. The Bertz CT molecular complexity index is 899. The molecule has 174 valence electrons. The topological polar surface area (TPSA) is 103 Å². The number of halogens is 2. The molecule has 11 heteroatoms. The van der Waals surface area contributed by atoms with E-state index in [9.17, 15) is 8.78 Å². The molecule has 2 fully saturated rings. The van der Waals surface area contributed by atoms with E-state index in [1.54, 1.807) is 0 Å². The summed E-state index contributed by atoms with van der Waals surface area (Å²) in [5, 5.41) is 0. The summed E-state index contributed by atoms with van der Waals surface area (Å²) in [6.07, 6.45) is -1.45. The SMILES string of the molecule is CC1COCC(C)N1c1nc(-c2cnc(N)cc2C(F)F)nc(N2C(C)COCC2C)n1. The third-order valence-electron chi connectivity index (χ3n) is 5.84. The van der Waals surface area contributed by atoms with E-state index in [-0.39, 0.29) is 46.9 Å². The number of aromatic nitrogens is 4. The molecule has 0 aromatic carbocycles. The molecule has 4 rings (SSSR count). The number of nitrogens with zero attached hydrogens (tertiary/aromatic N) is 6. The third-order valence-corrected chi connectivity index (χ3v) is 5.84. The number of ether oxygens (including phenoxy) is 2. The van der Waals surface area contributed by atoms with Gasteiger partial charge in [0.2, 0.25) is 11.9 Å². The zero-order valence-corrected chi connectivity index (χ0v) is 18.7. The number of hydrogen-bond acceptors (Lipinski definition) is 9. The summed E-state index contributed by atoms with van der Waals surface area (Å²) in [6, 6.07) is 1.23. The van der Waals surface area contributed by atoms with Crippen LogP contribution in [0.5, 0.6) is 0 Å². The van der Waals surface area contributed by atoms with E-state index in [0.29, 0.717) is 38.3 Å². The number of nitrogen functional groups attached to an aromatic ring is 1. The van der Waals surface area contributed by atoms with Gasteiger partial charge in [0.1, 0.15) is 5.82 Å². The molecular formula is C21H29F2N7O2. The smallest absolute Gasteiger partial charge is 0.264 e. The van der Waals surface area contributed by atoms with E-state index < -0.39 is 6.43 Å². The quantitative estimate of drug-likeness (QED) is 0.755. The Morgan fingerprint density at radius 2 is 1.34 bits per heavy atom. The Hall–Kier alpha value is -2.66. The Labute approximate surface area is 186 Å². The van der Waals surface area contributed by atoms with Crippen LogP contribution in [0.1, 0.15) is 39.7 Å². The molecule has 9 nitrogen and oxygen atoms in total. The van der Waals surface area contributed by atoms with Gasteiger partial charge in [-0.05, 0) is 33.8 Å². The van der Waals surface area contributed by atoms with Gasteiger partial charge in [0.15, 0.2) is 5.82 Å². The molecule has 4 heterocycles. The summed E-state index contributed by atoms with van der Waals surface area (Å²) in [7, 11) is 0. The maximum absolute atomic E-state index is 13.8. The molecule has 2 aliphatic heterocycles. The standard InChI is InChI=1S/C21H29F2N7O2/c1-11-7-31-8-12(2)29(11)20-26-19(16-6-25-17(24)5-15(16)18(22)23)27-21(28-20)30-13(3)9-32-10-14(30)4/h5-6,11-14,18H,7-10H2,1-4H3,(H2,24,25). The molecule has 2 aromatic heterocycles. The Morgan fingerprint density at radius 1 is 0.875 bits per heavy atom. The molecule has 0 aliphatic carbocycles. The van der Waals surface area contributed by atoms with Crippen molar-refractivity contribution in [2.24, 2.45) is 0 Å². The predicted octanol–water partition coefficient (Wildman–Crippen LogP) is 2.68.